The molecular formula is C25H32N8O2. The Kier molecular flexibility index (Phi) is 6.80. The summed E-state index contributed by atoms with van der Waals surface area (Å²) < 4.78 is 5.65. The largest absolute Gasteiger partial charge is 0.494 e. The van der Waals surface area contributed by atoms with Crippen LogP contribution in [0.4, 0.5) is 28.8 Å². The zero-order valence-electron chi connectivity index (χ0n) is 20.7. The molecule has 1 heterocycles. The molecule has 1 aromatic heterocycles. The highest BCUT2D eigenvalue weighted by atomic mass is 16.5. The molecule has 5 rings (SSSR count). The molecule has 10 heteroatoms. The van der Waals surface area contributed by atoms with E-state index in [0.717, 1.165) is 44.0 Å². The van der Waals surface area contributed by atoms with Gasteiger partial charge in [0.15, 0.2) is 0 Å². The van der Waals surface area contributed by atoms with Crippen molar-refractivity contribution in [3.05, 3.63) is 36.5 Å². The van der Waals surface area contributed by atoms with Crippen molar-refractivity contribution in [2.24, 2.45) is 5.92 Å². The van der Waals surface area contributed by atoms with E-state index in [1.165, 1.54) is 12.3 Å². The molecule has 184 valence electrons. The van der Waals surface area contributed by atoms with Crippen molar-refractivity contribution in [3.8, 4) is 11.8 Å². The van der Waals surface area contributed by atoms with Crippen LogP contribution in [0.15, 0.2) is 31.0 Å². The van der Waals surface area contributed by atoms with Gasteiger partial charge in [-0.15, -0.1) is 0 Å². The van der Waals surface area contributed by atoms with Crippen LogP contribution >= 0.6 is 0 Å². The van der Waals surface area contributed by atoms with Crippen LogP contribution in [0.1, 0.15) is 24.8 Å². The standard InChI is InChI=1S/C25H32N8O2/c1-6-22(34)28-18-9-19(21(35-5)10-20(18)33(4)8-7-32(2)3)29-24-27-15-17(14-26)23(30-24)31-25-11-16(12-25)13-25/h6,9-10,15-16H,1,7-8,11-13H2,2-5H3,(H,28,34)(H2,27,29,30,31). The second-order valence-electron chi connectivity index (χ2n) is 9.56. The molecule has 0 unspecified atom stereocenters. The molecule has 0 atom stereocenters. The zero-order valence-corrected chi connectivity index (χ0v) is 20.7. The first-order valence-corrected chi connectivity index (χ1v) is 11.6. The van der Waals surface area contributed by atoms with Crippen molar-refractivity contribution in [2.45, 2.75) is 24.8 Å². The summed E-state index contributed by atoms with van der Waals surface area (Å²) in [6.07, 6.45) is 6.10. The van der Waals surface area contributed by atoms with Gasteiger partial charge in [0.1, 0.15) is 23.2 Å². The maximum absolute atomic E-state index is 12.2. The molecule has 2 bridgehead atoms. The lowest BCUT2D eigenvalue weighted by atomic mass is 9.50. The molecule has 3 aliphatic rings. The maximum atomic E-state index is 12.2. The molecule has 35 heavy (non-hydrogen) atoms. The second-order valence-corrected chi connectivity index (χ2v) is 9.56. The Balaban J connectivity index is 1.64. The highest BCUT2D eigenvalue weighted by Gasteiger charge is 2.57. The van der Waals surface area contributed by atoms with E-state index in [9.17, 15) is 10.1 Å². The van der Waals surface area contributed by atoms with Crippen molar-refractivity contribution in [1.29, 1.82) is 5.26 Å². The number of benzene rings is 1. The minimum atomic E-state index is -0.317. The fourth-order valence-electron chi connectivity index (χ4n) is 4.53. The van der Waals surface area contributed by atoms with E-state index in [-0.39, 0.29) is 11.4 Å². The smallest absolute Gasteiger partial charge is 0.247 e. The number of nitrogens with one attached hydrogen (secondary N) is 3. The number of nitrogens with zero attached hydrogens (tertiary/aromatic N) is 5. The lowest BCUT2D eigenvalue weighted by molar-refractivity contribution is -0.111. The third-order valence-electron chi connectivity index (χ3n) is 6.63. The summed E-state index contributed by atoms with van der Waals surface area (Å²) >= 11 is 0. The number of carbonyl (C=O) groups is 1. The Morgan fingerprint density at radius 1 is 1.29 bits per heavy atom. The molecule has 0 saturated heterocycles. The summed E-state index contributed by atoms with van der Waals surface area (Å²) in [5.74, 6) is 1.90. The molecule has 10 nitrogen and oxygen atoms in total. The Bertz CT molecular complexity index is 1160. The first kappa shape index (κ1) is 24.3. The number of ether oxygens (including phenoxy) is 1. The third kappa shape index (κ3) is 5.15. The lowest BCUT2D eigenvalue weighted by Crippen LogP contribution is -2.63. The van der Waals surface area contributed by atoms with Crippen LogP contribution in [0.5, 0.6) is 5.75 Å². The van der Waals surface area contributed by atoms with Crippen molar-refractivity contribution in [1.82, 2.24) is 14.9 Å². The van der Waals surface area contributed by atoms with Crippen molar-refractivity contribution in [3.63, 3.8) is 0 Å². The number of hydrogen-bond donors (Lipinski definition) is 3. The van der Waals surface area contributed by atoms with E-state index >= 15 is 0 Å². The monoisotopic (exact) mass is 476 g/mol. The summed E-state index contributed by atoms with van der Waals surface area (Å²) in [5, 5.41) is 19.1. The Labute approximate surface area is 206 Å². The van der Waals surface area contributed by atoms with E-state index in [4.69, 9.17) is 4.74 Å². The van der Waals surface area contributed by atoms with Gasteiger partial charge < -0.3 is 30.5 Å². The molecular weight excluding hydrogens is 444 g/mol. The highest BCUT2D eigenvalue weighted by molar-refractivity contribution is 6.02. The number of nitriles is 1. The van der Waals surface area contributed by atoms with Crippen LogP contribution in [-0.4, -0.2) is 67.7 Å². The highest BCUT2D eigenvalue weighted by Crippen LogP contribution is 2.58. The van der Waals surface area contributed by atoms with Crippen molar-refractivity contribution >= 4 is 34.7 Å². The normalized spacial score (nSPS) is 19.6. The van der Waals surface area contributed by atoms with Gasteiger partial charge in [0, 0.05) is 31.7 Å². The Morgan fingerprint density at radius 2 is 2.03 bits per heavy atom. The molecule has 0 aliphatic heterocycles. The second kappa shape index (κ2) is 9.80. The molecule has 3 N–H and O–H groups in total. The summed E-state index contributed by atoms with van der Waals surface area (Å²) in [6.45, 7) is 5.14. The molecule has 1 amide bonds. The lowest BCUT2D eigenvalue weighted by Gasteiger charge is -2.62. The average Bonchev–Trinajstić information content (AvgIpc) is 2.79. The van der Waals surface area contributed by atoms with E-state index in [0.29, 0.717) is 34.5 Å². The number of anilines is 5. The van der Waals surface area contributed by atoms with Gasteiger partial charge >= 0.3 is 0 Å². The molecule has 3 fully saturated rings. The van der Waals surface area contributed by atoms with Crippen LogP contribution in [0.2, 0.25) is 0 Å². The van der Waals surface area contributed by atoms with Gasteiger partial charge in [-0.05, 0) is 51.4 Å². The molecule has 3 aliphatic carbocycles. The number of amides is 1. The van der Waals surface area contributed by atoms with Gasteiger partial charge in [-0.3, -0.25) is 4.79 Å². The van der Waals surface area contributed by atoms with Gasteiger partial charge in [0.25, 0.3) is 0 Å². The van der Waals surface area contributed by atoms with Crippen LogP contribution in [0.25, 0.3) is 0 Å². The van der Waals surface area contributed by atoms with Gasteiger partial charge in [0.05, 0.1) is 30.4 Å². The van der Waals surface area contributed by atoms with Gasteiger partial charge in [-0.25, -0.2) is 4.98 Å². The van der Waals surface area contributed by atoms with Crippen molar-refractivity contribution < 1.29 is 9.53 Å². The van der Waals surface area contributed by atoms with Crippen LogP contribution in [-0.2, 0) is 4.79 Å². The van der Waals surface area contributed by atoms with E-state index in [1.54, 1.807) is 13.2 Å². The van der Waals surface area contributed by atoms with E-state index in [2.05, 4.69) is 48.4 Å². The first-order chi connectivity index (χ1) is 16.8. The molecule has 0 spiro atoms. The molecule has 1 aromatic carbocycles. The van der Waals surface area contributed by atoms with Crippen LogP contribution < -0.4 is 25.6 Å². The number of methoxy groups -OCH3 is 1. The Morgan fingerprint density at radius 3 is 2.60 bits per heavy atom. The van der Waals surface area contributed by atoms with Crippen molar-refractivity contribution in [2.75, 3.05) is 62.2 Å². The minimum Gasteiger partial charge on any atom is -0.494 e. The average molecular weight is 477 g/mol. The number of likely N-dealkylation sites (N-methyl/N-ethyl adjacent to an activating group) is 2. The van der Waals surface area contributed by atoms with E-state index in [1.807, 2.05) is 27.2 Å². The Hall–Kier alpha value is -3.84. The topological polar surface area (TPSA) is 118 Å². The minimum absolute atomic E-state index is 0.0700. The third-order valence-corrected chi connectivity index (χ3v) is 6.63. The fraction of sp³-hybridized carbons (Fsp3) is 0.440. The summed E-state index contributed by atoms with van der Waals surface area (Å²) in [5.41, 5.74) is 2.46. The quantitative estimate of drug-likeness (QED) is 0.420. The van der Waals surface area contributed by atoms with E-state index < -0.39 is 0 Å². The molecule has 3 saturated carbocycles. The predicted molar refractivity (Wildman–Crippen MR) is 137 cm³/mol. The number of rotatable bonds is 11. The predicted octanol–water partition coefficient (Wildman–Crippen LogP) is 3.19. The maximum Gasteiger partial charge on any atom is 0.247 e. The fourth-order valence-corrected chi connectivity index (χ4v) is 4.53. The molecule has 0 radical (unpaired) electrons. The van der Waals surface area contributed by atoms with Gasteiger partial charge in [-0.1, -0.05) is 6.58 Å². The summed E-state index contributed by atoms with van der Waals surface area (Å²) in [6, 6.07) is 5.82. The van der Waals surface area contributed by atoms with Gasteiger partial charge in [-0.2, -0.15) is 10.2 Å². The number of hydrogen-bond acceptors (Lipinski definition) is 9. The molecule has 2 aromatic rings. The first-order valence-electron chi connectivity index (χ1n) is 11.6. The summed E-state index contributed by atoms with van der Waals surface area (Å²) in [4.78, 5) is 25.2. The van der Waals surface area contributed by atoms with Gasteiger partial charge in [0.2, 0.25) is 11.9 Å². The number of aromatic nitrogens is 2. The SMILES string of the molecule is C=CC(=O)Nc1cc(Nc2ncc(C#N)c(NC34CC(C3)C4)n2)c(OC)cc1N(C)CCN(C)C. The van der Waals surface area contributed by atoms with Crippen LogP contribution in [0, 0.1) is 17.2 Å². The number of carbonyl (C=O) groups excluding carboxylic acids is 1. The summed E-state index contributed by atoms with van der Waals surface area (Å²) in [7, 11) is 7.57. The zero-order chi connectivity index (χ0) is 25.2. The van der Waals surface area contributed by atoms with Crippen LogP contribution in [0.3, 0.4) is 0 Å².